The SMILES string of the molecule is Nc1cc(F)c(F)c([C@]23CCCC[C@H]2CSC(NC(=O)O)=N3)c1. The van der Waals surface area contributed by atoms with Crippen LogP contribution in [-0.2, 0) is 5.54 Å². The molecule has 0 radical (unpaired) electrons. The number of nitrogens with two attached hydrogens (primary N) is 1. The van der Waals surface area contributed by atoms with E-state index in [1.165, 1.54) is 17.8 Å². The van der Waals surface area contributed by atoms with E-state index in [0.717, 1.165) is 25.3 Å². The number of amides is 1. The molecule has 1 heterocycles. The minimum absolute atomic E-state index is 0.0243. The molecule has 0 spiro atoms. The molecule has 8 heteroatoms. The first-order chi connectivity index (χ1) is 10.9. The number of aliphatic imine (C=N–C) groups is 1. The van der Waals surface area contributed by atoms with Crippen LogP contribution in [0.4, 0.5) is 19.3 Å². The number of hydrogen-bond acceptors (Lipinski definition) is 4. The lowest BCUT2D eigenvalue weighted by molar-refractivity contribution is 0.196. The number of benzene rings is 1. The molecule has 1 aliphatic heterocycles. The number of rotatable bonds is 1. The van der Waals surface area contributed by atoms with E-state index < -0.39 is 23.3 Å². The van der Waals surface area contributed by atoms with E-state index in [4.69, 9.17) is 10.8 Å². The molecule has 1 aliphatic carbocycles. The number of nitrogens with one attached hydrogen (secondary N) is 1. The number of amidine groups is 1. The third-order valence-electron chi connectivity index (χ3n) is 4.49. The van der Waals surface area contributed by atoms with E-state index in [1.807, 2.05) is 0 Å². The summed E-state index contributed by atoms with van der Waals surface area (Å²) >= 11 is 1.30. The van der Waals surface area contributed by atoms with Crippen LogP contribution >= 0.6 is 11.8 Å². The lowest BCUT2D eigenvalue weighted by Gasteiger charge is -2.44. The van der Waals surface area contributed by atoms with Gasteiger partial charge in [-0.15, -0.1) is 0 Å². The number of nitrogens with zero attached hydrogens (tertiary/aromatic N) is 1. The van der Waals surface area contributed by atoms with Gasteiger partial charge < -0.3 is 10.8 Å². The fourth-order valence-corrected chi connectivity index (χ4v) is 4.67. The summed E-state index contributed by atoms with van der Waals surface area (Å²) in [4.78, 5) is 15.4. The summed E-state index contributed by atoms with van der Waals surface area (Å²) in [6.45, 7) is 0. The lowest BCUT2D eigenvalue weighted by atomic mass is 9.69. The Kier molecular flexibility index (Phi) is 4.18. The summed E-state index contributed by atoms with van der Waals surface area (Å²) in [6.07, 6.45) is 1.98. The monoisotopic (exact) mass is 341 g/mol. The average Bonchev–Trinajstić information content (AvgIpc) is 2.50. The van der Waals surface area contributed by atoms with Crippen molar-refractivity contribution in [2.24, 2.45) is 10.9 Å². The summed E-state index contributed by atoms with van der Waals surface area (Å²) in [5.41, 5.74) is 5.01. The van der Waals surface area contributed by atoms with Crippen molar-refractivity contribution in [3.05, 3.63) is 29.3 Å². The second kappa shape index (κ2) is 5.99. The zero-order chi connectivity index (χ0) is 16.6. The molecule has 1 aromatic carbocycles. The van der Waals surface area contributed by atoms with Gasteiger partial charge in [-0.05, 0) is 30.9 Å². The molecule has 23 heavy (non-hydrogen) atoms. The normalized spacial score (nSPS) is 27.0. The number of thioether (sulfide) groups is 1. The van der Waals surface area contributed by atoms with Gasteiger partial charge in [-0.25, -0.2) is 13.6 Å². The van der Waals surface area contributed by atoms with Gasteiger partial charge in [0.05, 0.1) is 5.54 Å². The summed E-state index contributed by atoms with van der Waals surface area (Å²) < 4.78 is 28.3. The fraction of sp³-hybridized carbons (Fsp3) is 0.467. The molecular formula is C15H17F2N3O2S. The Morgan fingerprint density at radius 1 is 1.43 bits per heavy atom. The number of hydrogen-bond donors (Lipinski definition) is 3. The Hall–Kier alpha value is -1.83. The van der Waals surface area contributed by atoms with Gasteiger partial charge in [-0.2, -0.15) is 0 Å². The third-order valence-corrected chi connectivity index (χ3v) is 5.52. The zero-order valence-electron chi connectivity index (χ0n) is 12.3. The smallest absolute Gasteiger partial charge is 0.410 e. The molecule has 3 rings (SSSR count). The maximum Gasteiger partial charge on any atom is 0.410 e. The number of halogens is 2. The molecule has 5 nitrogen and oxygen atoms in total. The van der Waals surface area contributed by atoms with Gasteiger partial charge in [-0.1, -0.05) is 24.6 Å². The van der Waals surface area contributed by atoms with Crippen LogP contribution in [0.5, 0.6) is 0 Å². The van der Waals surface area contributed by atoms with Crippen LogP contribution in [0, 0.1) is 17.6 Å². The van der Waals surface area contributed by atoms with Crippen LogP contribution in [0.2, 0.25) is 0 Å². The Balaban J connectivity index is 2.15. The van der Waals surface area contributed by atoms with E-state index in [-0.39, 0.29) is 22.3 Å². The highest BCUT2D eigenvalue weighted by atomic mass is 32.2. The second-order valence-corrected chi connectivity index (χ2v) is 6.90. The van der Waals surface area contributed by atoms with Crippen molar-refractivity contribution in [2.75, 3.05) is 11.5 Å². The largest absolute Gasteiger partial charge is 0.465 e. The van der Waals surface area contributed by atoms with E-state index >= 15 is 0 Å². The Morgan fingerprint density at radius 2 is 2.22 bits per heavy atom. The minimum atomic E-state index is -1.22. The molecule has 1 saturated carbocycles. The van der Waals surface area contributed by atoms with Gasteiger partial charge in [0, 0.05) is 17.0 Å². The van der Waals surface area contributed by atoms with Crippen molar-refractivity contribution in [3.63, 3.8) is 0 Å². The first kappa shape index (κ1) is 16.0. The summed E-state index contributed by atoms with van der Waals surface area (Å²) in [5.74, 6) is -1.32. The fourth-order valence-electron chi connectivity index (χ4n) is 3.48. The van der Waals surface area contributed by atoms with Crippen molar-refractivity contribution in [2.45, 2.75) is 31.2 Å². The van der Waals surface area contributed by atoms with Gasteiger partial charge in [0.2, 0.25) is 0 Å². The highest BCUT2D eigenvalue weighted by molar-refractivity contribution is 8.13. The molecule has 2 aliphatic rings. The molecule has 124 valence electrons. The number of anilines is 1. The van der Waals surface area contributed by atoms with Gasteiger partial charge in [-0.3, -0.25) is 10.3 Å². The van der Waals surface area contributed by atoms with Gasteiger partial charge in [0.25, 0.3) is 0 Å². The van der Waals surface area contributed by atoms with Crippen LogP contribution in [0.3, 0.4) is 0 Å². The topological polar surface area (TPSA) is 87.7 Å². The maximum absolute atomic E-state index is 14.5. The van der Waals surface area contributed by atoms with Crippen molar-refractivity contribution < 1.29 is 18.7 Å². The van der Waals surface area contributed by atoms with Crippen LogP contribution in [-0.4, -0.2) is 22.1 Å². The molecule has 0 bridgehead atoms. The predicted octanol–water partition coefficient (Wildman–Crippen LogP) is 3.30. The van der Waals surface area contributed by atoms with Crippen molar-refractivity contribution >= 4 is 28.7 Å². The average molecular weight is 341 g/mol. The quantitative estimate of drug-likeness (QED) is 0.684. The van der Waals surface area contributed by atoms with Crippen molar-refractivity contribution in [1.82, 2.24) is 5.32 Å². The highest BCUT2D eigenvalue weighted by Gasteiger charge is 2.47. The first-order valence-corrected chi connectivity index (χ1v) is 8.38. The van der Waals surface area contributed by atoms with Crippen molar-refractivity contribution in [3.8, 4) is 0 Å². The molecule has 0 aromatic heterocycles. The molecule has 1 amide bonds. The predicted molar refractivity (Wildman–Crippen MR) is 85.5 cm³/mol. The van der Waals surface area contributed by atoms with Crippen LogP contribution in [0.1, 0.15) is 31.2 Å². The second-order valence-electron chi connectivity index (χ2n) is 5.89. The number of fused-ring (bicyclic) bond motifs is 1. The maximum atomic E-state index is 14.5. The molecule has 1 fully saturated rings. The Morgan fingerprint density at radius 3 is 2.96 bits per heavy atom. The molecular weight excluding hydrogens is 324 g/mol. The standard InChI is InChI=1S/C15H17F2N3O2S/c16-11-6-9(18)5-10(12(11)17)15-4-2-1-3-8(15)7-23-13(20-15)19-14(21)22/h5-6,8H,1-4,7,18H2,(H,19,20)(H,21,22)/t8-,15-/m0/s1. The minimum Gasteiger partial charge on any atom is -0.465 e. The molecule has 1 aromatic rings. The van der Waals surface area contributed by atoms with Crippen LogP contribution in [0.15, 0.2) is 17.1 Å². The molecule has 0 unspecified atom stereocenters. The molecule has 4 N–H and O–H groups in total. The van der Waals surface area contributed by atoms with Crippen molar-refractivity contribution in [1.29, 1.82) is 0 Å². The highest BCUT2D eigenvalue weighted by Crippen LogP contribution is 2.50. The number of nitrogen functional groups attached to an aromatic ring is 1. The van der Waals surface area contributed by atoms with E-state index in [0.29, 0.717) is 12.2 Å². The zero-order valence-corrected chi connectivity index (χ0v) is 13.1. The summed E-state index contributed by atoms with van der Waals surface area (Å²) in [7, 11) is 0. The number of carboxylic acid groups (broad SMARTS) is 1. The first-order valence-electron chi connectivity index (χ1n) is 7.40. The third kappa shape index (κ3) is 2.87. The Bertz CT molecular complexity index is 683. The van der Waals surface area contributed by atoms with E-state index in [2.05, 4.69) is 10.3 Å². The van der Waals surface area contributed by atoms with Gasteiger partial charge in [0.1, 0.15) is 0 Å². The Labute approximate surface area is 136 Å². The summed E-state index contributed by atoms with van der Waals surface area (Å²) in [6, 6.07) is 2.37. The van der Waals surface area contributed by atoms with Gasteiger partial charge >= 0.3 is 6.09 Å². The van der Waals surface area contributed by atoms with Crippen LogP contribution in [0.25, 0.3) is 0 Å². The van der Waals surface area contributed by atoms with Gasteiger partial charge in [0.15, 0.2) is 16.8 Å². The molecule has 2 atom stereocenters. The lowest BCUT2D eigenvalue weighted by Crippen LogP contribution is -2.45. The number of carbonyl (C=O) groups is 1. The van der Waals surface area contributed by atoms with Crippen LogP contribution < -0.4 is 11.1 Å². The molecule has 0 saturated heterocycles. The van der Waals surface area contributed by atoms with E-state index in [1.54, 1.807) is 0 Å². The summed E-state index contributed by atoms with van der Waals surface area (Å²) in [5, 5.41) is 11.4. The van der Waals surface area contributed by atoms with E-state index in [9.17, 15) is 13.6 Å².